The number of rotatable bonds is 5. The van der Waals surface area contributed by atoms with E-state index in [0.29, 0.717) is 19.6 Å². The number of benzene rings is 1. The van der Waals surface area contributed by atoms with Crippen molar-refractivity contribution >= 4 is 11.6 Å². The van der Waals surface area contributed by atoms with Gasteiger partial charge in [-0.2, -0.15) is 0 Å². The van der Waals surface area contributed by atoms with E-state index in [2.05, 4.69) is 15.5 Å². The lowest BCUT2D eigenvalue weighted by Crippen LogP contribution is -2.46. The first-order valence-corrected chi connectivity index (χ1v) is 6.98. The molecule has 6 N–H and O–H groups in total. The monoisotopic (exact) mass is 277 g/mol. The SMILES string of the molecule is NCc1cccc(CN)c1NC(=O)CN1CCNCC1. The van der Waals surface area contributed by atoms with E-state index in [9.17, 15) is 4.79 Å². The lowest BCUT2D eigenvalue weighted by atomic mass is 10.1. The number of carbonyl (C=O) groups excluding carboxylic acids is 1. The predicted molar refractivity (Wildman–Crippen MR) is 80.2 cm³/mol. The molecule has 1 aliphatic heterocycles. The van der Waals surface area contributed by atoms with Crippen LogP contribution < -0.4 is 22.1 Å². The molecule has 1 aromatic carbocycles. The quantitative estimate of drug-likeness (QED) is 0.579. The van der Waals surface area contributed by atoms with Crippen molar-refractivity contribution < 1.29 is 4.79 Å². The molecule has 0 aliphatic carbocycles. The Kier molecular flexibility index (Phi) is 5.49. The summed E-state index contributed by atoms with van der Waals surface area (Å²) in [7, 11) is 0. The number of hydrogen-bond acceptors (Lipinski definition) is 5. The standard InChI is InChI=1S/C14H23N5O/c15-8-11-2-1-3-12(9-16)14(11)18-13(20)10-19-6-4-17-5-7-19/h1-3,17H,4-10,15-16H2,(H,18,20). The molecule has 1 heterocycles. The van der Waals surface area contributed by atoms with Crippen molar-refractivity contribution in [3.63, 3.8) is 0 Å². The molecule has 0 spiro atoms. The average Bonchev–Trinajstić information content (AvgIpc) is 2.48. The van der Waals surface area contributed by atoms with Crippen molar-refractivity contribution in [2.75, 3.05) is 38.0 Å². The molecule has 2 rings (SSSR count). The number of hydrogen-bond donors (Lipinski definition) is 4. The van der Waals surface area contributed by atoms with Gasteiger partial charge in [0.25, 0.3) is 0 Å². The molecule has 1 saturated heterocycles. The maximum Gasteiger partial charge on any atom is 0.238 e. The fraction of sp³-hybridized carbons (Fsp3) is 0.500. The van der Waals surface area contributed by atoms with Crippen LogP contribution in [0.3, 0.4) is 0 Å². The molecule has 110 valence electrons. The summed E-state index contributed by atoms with van der Waals surface area (Å²) < 4.78 is 0. The van der Waals surface area contributed by atoms with Crippen LogP contribution in [0.2, 0.25) is 0 Å². The van der Waals surface area contributed by atoms with E-state index in [1.54, 1.807) is 0 Å². The maximum absolute atomic E-state index is 12.2. The molecule has 1 fully saturated rings. The molecule has 0 unspecified atom stereocenters. The van der Waals surface area contributed by atoms with Gasteiger partial charge in [-0.3, -0.25) is 9.69 Å². The van der Waals surface area contributed by atoms with Crippen LogP contribution in [0.5, 0.6) is 0 Å². The summed E-state index contributed by atoms with van der Waals surface area (Å²) in [5.74, 6) is -0.0116. The Labute approximate surface area is 119 Å². The summed E-state index contributed by atoms with van der Waals surface area (Å²) in [4.78, 5) is 14.3. The summed E-state index contributed by atoms with van der Waals surface area (Å²) in [5.41, 5.74) is 14.1. The Morgan fingerprint density at radius 3 is 2.35 bits per heavy atom. The highest BCUT2D eigenvalue weighted by Gasteiger charge is 2.15. The molecule has 20 heavy (non-hydrogen) atoms. The highest BCUT2D eigenvalue weighted by Crippen LogP contribution is 2.20. The van der Waals surface area contributed by atoms with E-state index in [1.165, 1.54) is 0 Å². The Morgan fingerprint density at radius 1 is 1.20 bits per heavy atom. The van der Waals surface area contributed by atoms with E-state index >= 15 is 0 Å². The van der Waals surface area contributed by atoms with Crippen LogP contribution in [-0.4, -0.2) is 43.5 Å². The molecular weight excluding hydrogens is 254 g/mol. The van der Waals surface area contributed by atoms with Crippen LogP contribution in [0.4, 0.5) is 5.69 Å². The fourth-order valence-electron chi connectivity index (χ4n) is 2.41. The van der Waals surface area contributed by atoms with Gasteiger partial charge in [0, 0.05) is 45.0 Å². The third-order valence-corrected chi connectivity index (χ3v) is 3.52. The minimum absolute atomic E-state index is 0.0116. The Bertz CT molecular complexity index is 435. The first kappa shape index (κ1) is 14.9. The molecule has 1 aromatic rings. The van der Waals surface area contributed by atoms with Crippen molar-refractivity contribution in [1.29, 1.82) is 0 Å². The van der Waals surface area contributed by atoms with E-state index < -0.39 is 0 Å². The average molecular weight is 277 g/mol. The van der Waals surface area contributed by atoms with Gasteiger partial charge in [-0.25, -0.2) is 0 Å². The first-order chi connectivity index (χ1) is 9.74. The normalized spacial score (nSPS) is 16.1. The number of anilines is 1. The maximum atomic E-state index is 12.2. The van der Waals surface area contributed by atoms with Crippen LogP contribution in [0.15, 0.2) is 18.2 Å². The summed E-state index contributed by atoms with van der Waals surface area (Å²) in [6.45, 7) is 4.84. The minimum atomic E-state index is -0.0116. The predicted octanol–water partition coefficient (Wildman–Crippen LogP) is -0.552. The number of nitrogens with one attached hydrogen (secondary N) is 2. The van der Waals surface area contributed by atoms with Crippen molar-refractivity contribution in [2.24, 2.45) is 11.5 Å². The van der Waals surface area contributed by atoms with Gasteiger partial charge in [0.15, 0.2) is 0 Å². The van der Waals surface area contributed by atoms with Crippen molar-refractivity contribution in [3.8, 4) is 0 Å². The van der Waals surface area contributed by atoms with Gasteiger partial charge in [-0.05, 0) is 11.1 Å². The zero-order valence-corrected chi connectivity index (χ0v) is 11.7. The molecule has 0 bridgehead atoms. The molecule has 6 heteroatoms. The largest absolute Gasteiger partial charge is 0.326 e. The number of carbonyl (C=O) groups is 1. The summed E-state index contributed by atoms with van der Waals surface area (Å²) >= 11 is 0. The number of nitrogens with two attached hydrogens (primary N) is 2. The molecule has 0 atom stereocenters. The molecule has 0 aromatic heterocycles. The highest BCUT2D eigenvalue weighted by atomic mass is 16.2. The number of nitrogens with zero attached hydrogens (tertiary/aromatic N) is 1. The second kappa shape index (κ2) is 7.35. The van der Waals surface area contributed by atoms with Crippen LogP contribution in [0, 0.1) is 0 Å². The van der Waals surface area contributed by atoms with E-state index in [4.69, 9.17) is 11.5 Å². The minimum Gasteiger partial charge on any atom is -0.326 e. The van der Waals surface area contributed by atoms with Crippen LogP contribution in [0.1, 0.15) is 11.1 Å². The van der Waals surface area contributed by atoms with Gasteiger partial charge in [0.1, 0.15) is 0 Å². The van der Waals surface area contributed by atoms with Gasteiger partial charge in [-0.15, -0.1) is 0 Å². The van der Waals surface area contributed by atoms with E-state index in [1.807, 2.05) is 18.2 Å². The Balaban J connectivity index is 2.02. The number of amides is 1. The van der Waals surface area contributed by atoms with Gasteiger partial charge in [0.2, 0.25) is 5.91 Å². The zero-order valence-electron chi connectivity index (χ0n) is 11.7. The summed E-state index contributed by atoms with van der Waals surface area (Å²) in [5, 5.41) is 6.23. The lowest BCUT2D eigenvalue weighted by Gasteiger charge is -2.26. The van der Waals surface area contributed by atoms with Gasteiger partial charge in [-0.1, -0.05) is 18.2 Å². The third kappa shape index (κ3) is 3.77. The van der Waals surface area contributed by atoms with Gasteiger partial charge >= 0.3 is 0 Å². The Hall–Kier alpha value is -1.47. The van der Waals surface area contributed by atoms with E-state index in [0.717, 1.165) is 43.0 Å². The second-order valence-corrected chi connectivity index (χ2v) is 4.93. The highest BCUT2D eigenvalue weighted by molar-refractivity contribution is 5.93. The number of para-hydroxylation sites is 1. The van der Waals surface area contributed by atoms with Crippen LogP contribution in [0.25, 0.3) is 0 Å². The molecule has 6 nitrogen and oxygen atoms in total. The second-order valence-electron chi connectivity index (χ2n) is 4.93. The fourth-order valence-corrected chi connectivity index (χ4v) is 2.41. The molecule has 0 saturated carbocycles. The zero-order chi connectivity index (χ0) is 14.4. The first-order valence-electron chi connectivity index (χ1n) is 6.98. The Morgan fingerprint density at radius 2 is 1.80 bits per heavy atom. The van der Waals surface area contributed by atoms with Crippen molar-refractivity contribution in [1.82, 2.24) is 10.2 Å². The summed E-state index contributed by atoms with van der Waals surface area (Å²) in [6, 6.07) is 5.75. The van der Waals surface area contributed by atoms with Gasteiger partial charge in [0.05, 0.1) is 6.54 Å². The van der Waals surface area contributed by atoms with Crippen LogP contribution >= 0.6 is 0 Å². The molecule has 0 radical (unpaired) electrons. The smallest absolute Gasteiger partial charge is 0.238 e. The molecule has 1 amide bonds. The van der Waals surface area contributed by atoms with E-state index in [-0.39, 0.29) is 5.91 Å². The van der Waals surface area contributed by atoms with Crippen molar-refractivity contribution in [3.05, 3.63) is 29.3 Å². The number of piperazine rings is 1. The topological polar surface area (TPSA) is 96.4 Å². The molecular formula is C14H23N5O. The van der Waals surface area contributed by atoms with Crippen molar-refractivity contribution in [2.45, 2.75) is 13.1 Å². The van der Waals surface area contributed by atoms with Gasteiger partial charge < -0.3 is 22.1 Å². The molecule has 1 aliphatic rings. The third-order valence-electron chi connectivity index (χ3n) is 3.52. The summed E-state index contributed by atoms with van der Waals surface area (Å²) in [6.07, 6.45) is 0. The van der Waals surface area contributed by atoms with Crippen LogP contribution in [-0.2, 0) is 17.9 Å². The lowest BCUT2D eigenvalue weighted by molar-refractivity contribution is -0.117.